The van der Waals surface area contributed by atoms with E-state index in [9.17, 15) is 13.6 Å². The predicted octanol–water partition coefficient (Wildman–Crippen LogP) is 3.27. The minimum atomic E-state index is -1.34. The lowest BCUT2D eigenvalue weighted by atomic mass is 10.0. The lowest BCUT2D eigenvalue weighted by molar-refractivity contribution is 0.0696. The van der Waals surface area contributed by atoms with Crippen LogP contribution in [0, 0.1) is 17.0 Å². The number of anilines is 1. The number of rotatable bonds is 5. The SMILES string of the molecule is CCC1(CNc2c(F)cc(C(=O)O)cc2F)CC1. The monoisotopic (exact) mass is 255 g/mol. The zero-order valence-electron chi connectivity index (χ0n) is 10.1. The molecule has 0 saturated heterocycles. The fourth-order valence-corrected chi connectivity index (χ4v) is 1.97. The van der Waals surface area contributed by atoms with E-state index in [1.165, 1.54) is 0 Å². The Labute approximate surface area is 104 Å². The lowest BCUT2D eigenvalue weighted by Gasteiger charge is -2.15. The van der Waals surface area contributed by atoms with Crippen molar-refractivity contribution in [2.75, 3.05) is 11.9 Å². The van der Waals surface area contributed by atoms with E-state index in [-0.39, 0.29) is 16.7 Å². The molecule has 0 spiro atoms. The Balaban J connectivity index is 2.15. The maximum atomic E-state index is 13.6. The molecular weight excluding hydrogens is 240 g/mol. The molecular formula is C13H15F2NO2. The molecule has 0 aliphatic heterocycles. The molecule has 0 bridgehead atoms. The number of halogens is 2. The molecule has 0 aromatic heterocycles. The van der Waals surface area contributed by atoms with Crippen molar-refractivity contribution in [1.29, 1.82) is 0 Å². The van der Waals surface area contributed by atoms with Gasteiger partial charge in [0.15, 0.2) is 0 Å². The summed E-state index contributed by atoms with van der Waals surface area (Å²) in [4.78, 5) is 10.6. The molecule has 2 N–H and O–H groups in total. The normalized spacial score (nSPS) is 16.4. The Hall–Kier alpha value is -1.65. The number of benzene rings is 1. The van der Waals surface area contributed by atoms with Crippen molar-refractivity contribution in [1.82, 2.24) is 0 Å². The smallest absolute Gasteiger partial charge is 0.335 e. The van der Waals surface area contributed by atoms with E-state index in [1.54, 1.807) is 0 Å². The van der Waals surface area contributed by atoms with Gasteiger partial charge in [-0.25, -0.2) is 13.6 Å². The third-order valence-corrected chi connectivity index (χ3v) is 3.64. The van der Waals surface area contributed by atoms with Crippen molar-refractivity contribution in [2.24, 2.45) is 5.41 Å². The maximum absolute atomic E-state index is 13.6. The highest BCUT2D eigenvalue weighted by molar-refractivity contribution is 5.88. The van der Waals surface area contributed by atoms with Crippen molar-refractivity contribution < 1.29 is 18.7 Å². The van der Waals surface area contributed by atoms with Crippen molar-refractivity contribution in [2.45, 2.75) is 26.2 Å². The fraction of sp³-hybridized carbons (Fsp3) is 0.462. The van der Waals surface area contributed by atoms with E-state index in [4.69, 9.17) is 5.11 Å². The van der Waals surface area contributed by atoms with E-state index in [2.05, 4.69) is 12.2 Å². The number of hydrogen-bond donors (Lipinski definition) is 2. The van der Waals surface area contributed by atoms with E-state index < -0.39 is 17.6 Å². The van der Waals surface area contributed by atoms with Gasteiger partial charge in [-0.1, -0.05) is 6.92 Å². The summed E-state index contributed by atoms with van der Waals surface area (Å²) in [5, 5.41) is 11.4. The Morgan fingerprint density at radius 3 is 2.33 bits per heavy atom. The van der Waals surface area contributed by atoms with Gasteiger partial charge in [0, 0.05) is 6.54 Å². The number of carbonyl (C=O) groups is 1. The van der Waals surface area contributed by atoms with E-state index >= 15 is 0 Å². The van der Waals surface area contributed by atoms with Gasteiger partial charge in [0.05, 0.1) is 5.56 Å². The van der Waals surface area contributed by atoms with Crippen LogP contribution in [0.1, 0.15) is 36.5 Å². The summed E-state index contributed by atoms with van der Waals surface area (Å²) in [5.41, 5.74) is -0.462. The van der Waals surface area contributed by atoms with Gasteiger partial charge in [-0.3, -0.25) is 0 Å². The van der Waals surface area contributed by atoms with Crippen LogP contribution in [0.2, 0.25) is 0 Å². The van der Waals surface area contributed by atoms with Gasteiger partial charge in [0.2, 0.25) is 0 Å². The van der Waals surface area contributed by atoms with Gasteiger partial charge in [-0.05, 0) is 36.8 Å². The molecule has 1 aliphatic carbocycles. The molecule has 1 saturated carbocycles. The molecule has 0 amide bonds. The van der Waals surface area contributed by atoms with Gasteiger partial charge >= 0.3 is 5.97 Å². The fourth-order valence-electron chi connectivity index (χ4n) is 1.97. The third kappa shape index (κ3) is 2.44. The number of carboxylic acids is 1. The second-order valence-electron chi connectivity index (χ2n) is 4.83. The largest absolute Gasteiger partial charge is 0.478 e. The summed E-state index contributed by atoms with van der Waals surface area (Å²) in [7, 11) is 0. The minimum absolute atomic E-state index is 0.157. The van der Waals surface area contributed by atoms with Crippen molar-refractivity contribution in [3.8, 4) is 0 Å². The first-order valence-corrected chi connectivity index (χ1v) is 5.94. The number of nitrogens with one attached hydrogen (secondary N) is 1. The molecule has 1 aromatic rings. The van der Waals surface area contributed by atoms with Crippen molar-refractivity contribution in [3.05, 3.63) is 29.3 Å². The zero-order valence-corrected chi connectivity index (χ0v) is 10.1. The average Bonchev–Trinajstić information content (AvgIpc) is 3.08. The first kappa shape index (κ1) is 12.8. The third-order valence-electron chi connectivity index (χ3n) is 3.64. The Morgan fingerprint density at radius 1 is 1.39 bits per heavy atom. The summed E-state index contributed by atoms with van der Waals surface area (Å²) < 4.78 is 27.2. The molecule has 3 nitrogen and oxygen atoms in total. The topological polar surface area (TPSA) is 49.3 Å². The second-order valence-corrected chi connectivity index (χ2v) is 4.83. The molecule has 1 aliphatic rings. The molecule has 0 unspecified atom stereocenters. The zero-order chi connectivity index (χ0) is 13.3. The highest BCUT2D eigenvalue weighted by Crippen LogP contribution is 2.48. The minimum Gasteiger partial charge on any atom is -0.478 e. The lowest BCUT2D eigenvalue weighted by Crippen LogP contribution is -2.16. The van der Waals surface area contributed by atoms with Crippen LogP contribution in [-0.4, -0.2) is 17.6 Å². The van der Waals surface area contributed by atoms with Crippen LogP contribution < -0.4 is 5.32 Å². The van der Waals surface area contributed by atoms with Crippen molar-refractivity contribution in [3.63, 3.8) is 0 Å². The molecule has 2 rings (SSSR count). The summed E-state index contributed by atoms with van der Waals surface area (Å²) in [6.07, 6.45) is 3.09. The molecule has 0 atom stereocenters. The Morgan fingerprint density at radius 2 is 1.94 bits per heavy atom. The maximum Gasteiger partial charge on any atom is 0.335 e. The first-order chi connectivity index (χ1) is 8.47. The quantitative estimate of drug-likeness (QED) is 0.849. The summed E-state index contributed by atoms with van der Waals surface area (Å²) in [5.74, 6) is -3.06. The average molecular weight is 255 g/mol. The van der Waals surface area contributed by atoms with Gasteiger partial charge in [-0.15, -0.1) is 0 Å². The molecule has 5 heteroatoms. The molecule has 0 radical (unpaired) electrons. The number of carboxylic acid groups (broad SMARTS) is 1. The summed E-state index contributed by atoms with van der Waals surface area (Å²) >= 11 is 0. The van der Waals surface area contributed by atoms with E-state index in [0.29, 0.717) is 6.54 Å². The first-order valence-electron chi connectivity index (χ1n) is 5.94. The highest BCUT2D eigenvalue weighted by atomic mass is 19.1. The molecule has 18 heavy (non-hydrogen) atoms. The Kier molecular flexibility index (Phi) is 3.24. The van der Waals surface area contributed by atoms with E-state index in [1.807, 2.05) is 0 Å². The molecule has 1 fully saturated rings. The van der Waals surface area contributed by atoms with Gasteiger partial charge in [0.1, 0.15) is 17.3 Å². The predicted molar refractivity (Wildman–Crippen MR) is 63.8 cm³/mol. The molecule has 0 heterocycles. The van der Waals surface area contributed by atoms with Gasteiger partial charge < -0.3 is 10.4 Å². The second kappa shape index (κ2) is 4.55. The van der Waals surface area contributed by atoms with Crippen LogP contribution >= 0.6 is 0 Å². The summed E-state index contributed by atoms with van der Waals surface area (Å²) in [6, 6.07) is 1.67. The molecule has 1 aromatic carbocycles. The standard InChI is InChI=1S/C13H15F2NO2/c1-2-13(3-4-13)7-16-11-9(14)5-8(12(17)18)6-10(11)15/h5-6,16H,2-4,7H2,1H3,(H,17,18). The highest BCUT2D eigenvalue weighted by Gasteiger charge is 2.40. The van der Waals surface area contributed by atoms with Gasteiger partial charge in [-0.2, -0.15) is 0 Å². The van der Waals surface area contributed by atoms with Crippen LogP contribution in [0.25, 0.3) is 0 Å². The van der Waals surface area contributed by atoms with Crippen LogP contribution in [0.5, 0.6) is 0 Å². The molecule has 98 valence electrons. The van der Waals surface area contributed by atoms with Crippen molar-refractivity contribution >= 4 is 11.7 Å². The van der Waals surface area contributed by atoms with Crippen LogP contribution in [0.4, 0.5) is 14.5 Å². The van der Waals surface area contributed by atoms with E-state index in [0.717, 1.165) is 31.4 Å². The summed E-state index contributed by atoms with van der Waals surface area (Å²) in [6.45, 7) is 2.57. The van der Waals surface area contributed by atoms with Crippen LogP contribution in [0.3, 0.4) is 0 Å². The van der Waals surface area contributed by atoms with Gasteiger partial charge in [0.25, 0.3) is 0 Å². The van der Waals surface area contributed by atoms with Crippen LogP contribution in [0.15, 0.2) is 12.1 Å². The number of hydrogen-bond acceptors (Lipinski definition) is 2. The van der Waals surface area contributed by atoms with Crippen LogP contribution in [-0.2, 0) is 0 Å². The number of aromatic carboxylic acids is 1. The Bertz CT molecular complexity index is 461.